The highest BCUT2D eigenvalue weighted by Gasteiger charge is 2.21. The van der Waals surface area contributed by atoms with Crippen LogP contribution in [-0.2, 0) is 0 Å². The van der Waals surface area contributed by atoms with Gasteiger partial charge in [0.1, 0.15) is 22.6 Å². The zero-order chi connectivity index (χ0) is 20.4. The van der Waals surface area contributed by atoms with Crippen LogP contribution in [0.4, 0.5) is 0 Å². The number of nitrogens with one attached hydrogen (secondary N) is 1. The highest BCUT2D eigenvalue weighted by Crippen LogP contribution is 2.29. The van der Waals surface area contributed by atoms with E-state index in [-0.39, 0.29) is 0 Å². The monoisotopic (exact) mass is 385 g/mol. The molecule has 0 saturated heterocycles. The van der Waals surface area contributed by atoms with Gasteiger partial charge in [-0.1, -0.05) is 24.8 Å². The Labute approximate surface area is 166 Å². The number of amides is 1. The van der Waals surface area contributed by atoms with Gasteiger partial charge in [0.15, 0.2) is 5.65 Å². The van der Waals surface area contributed by atoms with Crippen LogP contribution in [0.25, 0.3) is 27.9 Å². The number of carbonyl (C=O) groups excluding carboxylic acids is 1. The highest BCUT2D eigenvalue weighted by molar-refractivity contribution is 6.06. The van der Waals surface area contributed by atoms with Crippen molar-refractivity contribution in [2.24, 2.45) is 5.73 Å². The Morgan fingerprint density at radius 1 is 1.24 bits per heavy atom. The molecule has 29 heavy (non-hydrogen) atoms. The Hall–Kier alpha value is -4.13. The second-order valence-corrected chi connectivity index (χ2v) is 6.39. The molecule has 0 aliphatic carbocycles. The van der Waals surface area contributed by atoms with Crippen LogP contribution in [0.2, 0.25) is 0 Å². The third-order valence-electron chi connectivity index (χ3n) is 4.40. The molecule has 1 amide bonds. The molecule has 144 valence electrons. The summed E-state index contributed by atoms with van der Waals surface area (Å²) < 4.78 is 7.53. The summed E-state index contributed by atoms with van der Waals surface area (Å²) in [6.07, 6.45) is 10.5. The van der Waals surface area contributed by atoms with Crippen molar-refractivity contribution in [2.75, 3.05) is 0 Å². The van der Waals surface area contributed by atoms with Crippen LogP contribution >= 0.6 is 0 Å². The van der Waals surface area contributed by atoms with E-state index in [1.807, 2.05) is 55.5 Å². The number of fused-ring (bicyclic) bond motifs is 3. The first-order valence-electron chi connectivity index (χ1n) is 8.96. The van der Waals surface area contributed by atoms with Crippen LogP contribution < -0.4 is 10.5 Å². The third-order valence-corrected chi connectivity index (χ3v) is 4.40. The average molecular weight is 385 g/mol. The number of primary amides is 1. The number of aromatic nitrogens is 4. The smallest absolute Gasteiger partial charge is 0.254 e. The van der Waals surface area contributed by atoms with Gasteiger partial charge in [0.25, 0.3) is 5.91 Å². The number of H-pyrrole nitrogens is 1. The minimum atomic E-state index is -0.553. The summed E-state index contributed by atoms with van der Waals surface area (Å²) in [6, 6.07) is 9.22. The van der Waals surface area contributed by atoms with Gasteiger partial charge < -0.3 is 10.5 Å². The van der Waals surface area contributed by atoms with Crippen molar-refractivity contribution < 1.29 is 9.53 Å². The maximum absolute atomic E-state index is 12.2. The van der Waals surface area contributed by atoms with Gasteiger partial charge in [0, 0.05) is 11.8 Å². The molecule has 0 spiro atoms. The number of imidazole rings is 1. The minimum Gasteiger partial charge on any atom is -0.462 e. The summed E-state index contributed by atoms with van der Waals surface area (Å²) >= 11 is 0. The summed E-state index contributed by atoms with van der Waals surface area (Å²) in [5, 5.41) is 3.23. The van der Waals surface area contributed by atoms with E-state index in [9.17, 15) is 4.79 Å². The van der Waals surface area contributed by atoms with E-state index in [1.165, 1.54) is 0 Å². The van der Waals surface area contributed by atoms with Gasteiger partial charge in [0.05, 0.1) is 17.4 Å². The molecule has 0 unspecified atom stereocenters. The Morgan fingerprint density at radius 3 is 2.76 bits per heavy atom. The first kappa shape index (κ1) is 18.2. The second kappa shape index (κ2) is 7.47. The number of hydrogen-bond acceptors (Lipinski definition) is 4. The lowest BCUT2D eigenvalue weighted by Crippen LogP contribution is -2.12. The van der Waals surface area contributed by atoms with E-state index < -0.39 is 5.91 Å². The summed E-state index contributed by atoms with van der Waals surface area (Å²) in [4.78, 5) is 20.7. The molecular weight excluding hydrogens is 366 g/mol. The summed E-state index contributed by atoms with van der Waals surface area (Å²) in [5.74, 6) is 0.873. The molecule has 7 nitrogen and oxygen atoms in total. The molecule has 0 aliphatic heterocycles. The maximum Gasteiger partial charge on any atom is 0.254 e. The van der Waals surface area contributed by atoms with Gasteiger partial charge in [-0.05, 0) is 43.3 Å². The number of rotatable bonds is 6. The van der Waals surface area contributed by atoms with Crippen LogP contribution in [0, 0.1) is 0 Å². The van der Waals surface area contributed by atoms with E-state index in [4.69, 9.17) is 10.5 Å². The fraction of sp³-hybridized carbons (Fsp3) is 0.0455. The molecule has 3 N–H and O–H groups in total. The van der Waals surface area contributed by atoms with E-state index in [2.05, 4.69) is 21.6 Å². The number of nitrogens with two attached hydrogens (primary N) is 1. The van der Waals surface area contributed by atoms with Gasteiger partial charge >= 0.3 is 0 Å². The van der Waals surface area contributed by atoms with E-state index in [1.54, 1.807) is 23.0 Å². The van der Waals surface area contributed by atoms with Crippen molar-refractivity contribution in [3.8, 4) is 17.0 Å². The number of nitrogens with zero attached hydrogens (tertiary/aromatic N) is 3. The van der Waals surface area contributed by atoms with Crippen LogP contribution in [0.5, 0.6) is 5.75 Å². The standard InChI is InChI=1S/C22H19N5O2/c1-3-4-5-6-14(2)29-16-9-7-15(8-10-16)20-19(21(23)28)22-25-17-13-24-12-11-18(17)27(22)26-20/h3-13,26H,1H2,2H3,(H2,23,28)/b5-4-,14-6+. The minimum absolute atomic E-state index is 0.334. The lowest BCUT2D eigenvalue weighted by molar-refractivity contribution is 0.100. The first-order valence-corrected chi connectivity index (χ1v) is 8.96. The topological polar surface area (TPSA) is 98.3 Å². The molecule has 3 aromatic heterocycles. The largest absolute Gasteiger partial charge is 0.462 e. The zero-order valence-corrected chi connectivity index (χ0v) is 15.8. The maximum atomic E-state index is 12.2. The number of aromatic amines is 1. The molecular formula is C22H19N5O2. The van der Waals surface area contributed by atoms with Crippen molar-refractivity contribution in [1.29, 1.82) is 0 Å². The molecule has 4 aromatic rings. The van der Waals surface area contributed by atoms with Gasteiger partial charge in [-0.3, -0.25) is 14.9 Å². The summed E-state index contributed by atoms with van der Waals surface area (Å²) in [5.41, 5.74) is 9.38. The average Bonchev–Trinajstić information content (AvgIpc) is 3.24. The fourth-order valence-corrected chi connectivity index (χ4v) is 3.11. The predicted octanol–water partition coefficient (Wildman–Crippen LogP) is 4.00. The van der Waals surface area contributed by atoms with Crippen molar-refractivity contribution in [1.82, 2.24) is 19.6 Å². The van der Waals surface area contributed by atoms with Crippen LogP contribution in [0.15, 0.2) is 79.4 Å². The molecule has 0 aliphatic rings. The highest BCUT2D eigenvalue weighted by atomic mass is 16.5. The number of carbonyl (C=O) groups is 1. The number of ether oxygens (including phenoxy) is 1. The van der Waals surface area contributed by atoms with Crippen molar-refractivity contribution in [2.45, 2.75) is 6.92 Å². The van der Waals surface area contributed by atoms with Gasteiger partial charge in [-0.25, -0.2) is 9.50 Å². The molecule has 7 heteroatoms. The van der Waals surface area contributed by atoms with Crippen molar-refractivity contribution in [3.05, 3.63) is 84.9 Å². The van der Waals surface area contributed by atoms with Crippen molar-refractivity contribution >= 4 is 22.6 Å². The quantitative estimate of drug-likeness (QED) is 0.387. The second-order valence-electron chi connectivity index (χ2n) is 6.39. The van der Waals surface area contributed by atoms with Crippen molar-refractivity contribution in [3.63, 3.8) is 0 Å². The third kappa shape index (κ3) is 3.41. The molecule has 0 fully saturated rings. The van der Waals surface area contributed by atoms with Crippen LogP contribution in [0.1, 0.15) is 17.3 Å². The molecule has 1 aromatic carbocycles. The first-order chi connectivity index (χ1) is 14.1. The summed E-state index contributed by atoms with van der Waals surface area (Å²) in [6.45, 7) is 5.49. The zero-order valence-electron chi connectivity index (χ0n) is 15.8. The fourth-order valence-electron chi connectivity index (χ4n) is 3.11. The van der Waals surface area contributed by atoms with Gasteiger partial charge in [0.2, 0.25) is 0 Å². The number of allylic oxidation sites excluding steroid dienone is 5. The number of hydrogen-bond donors (Lipinski definition) is 2. The normalized spacial score (nSPS) is 12.1. The molecule has 0 radical (unpaired) electrons. The molecule has 0 atom stereocenters. The molecule has 4 rings (SSSR count). The molecule has 0 bridgehead atoms. The Bertz CT molecular complexity index is 1280. The Kier molecular flexibility index (Phi) is 4.70. The Morgan fingerprint density at radius 2 is 2.03 bits per heavy atom. The lowest BCUT2D eigenvalue weighted by Gasteiger charge is -2.07. The molecule has 0 saturated carbocycles. The van der Waals surface area contributed by atoms with Crippen LogP contribution in [-0.4, -0.2) is 25.5 Å². The van der Waals surface area contributed by atoms with E-state index in [0.29, 0.717) is 28.2 Å². The Balaban J connectivity index is 1.72. The lowest BCUT2D eigenvalue weighted by atomic mass is 10.1. The van der Waals surface area contributed by atoms with Gasteiger partial charge in [-0.15, -0.1) is 0 Å². The van der Waals surface area contributed by atoms with Gasteiger partial charge in [-0.2, -0.15) is 0 Å². The summed E-state index contributed by atoms with van der Waals surface area (Å²) in [7, 11) is 0. The van der Waals surface area contributed by atoms with E-state index >= 15 is 0 Å². The van der Waals surface area contributed by atoms with Crippen LogP contribution in [0.3, 0.4) is 0 Å². The number of pyridine rings is 1. The number of benzene rings is 1. The molecule has 3 heterocycles. The predicted molar refractivity (Wildman–Crippen MR) is 113 cm³/mol. The van der Waals surface area contributed by atoms with E-state index in [0.717, 1.165) is 16.8 Å². The SMILES string of the molecule is C=C/C=C\C=C(/C)Oc1ccc(-c2[nH]n3c(nc4cnccc43)c2C(N)=O)cc1.